The molecule has 0 spiro atoms. The average Bonchev–Trinajstić information content (AvgIpc) is 2.47. The summed E-state index contributed by atoms with van der Waals surface area (Å²) >= 11 is 0. The van der Waals surface area contributed by atoms with Crippen LogP contribution in [0.5, 0.6) is 0 Å². The highest BCUT2D eigenvalue weighted by Gasteiger charge is 2.30. The maximum absolute atomic E-state index is 12.8. The van der Waals surface area contributed by atoms with Gasteiger partial charge in [-0.05, 0) is 51.7 Å². The number of pyridine rings is 1. The van der Waals surface area contributed by atoms with Crippen LogP contribution in [0.2, 0.25) is 0 Å². The molecule has 0 amide bonds. The Bertz CT molecular complexity index is 784. The molecule has 1 saturated heterocycles. The van der Waals surface area contributed by atoms with Crippen LogP contribution < -0.4 is 5.56 Å². The van der Waals surface area contributed by atoms with E-state index in [0.29, 0.717) is 19.0 Å². The van der Waals surface area contributed by atoms with Crippen molar-refractivity contribution in [3.63, 3.8) is 0 Å². The summed E-state index contributed by atoms with van der Waals surface area (Å²) in [6.45, 7) is 7.76. The van der Waals surface area contributed by atoms with E-state index in [1.54, 1.807) is 20.8 Å². The zero-order valence-electron chi connectivity index (χ0n) is 15.2. The lowest BCUT2D eigenvalue weighted by Gasteiger charge is -2.29. The molecular formula is C17H26N2O5S. The lowest BCUT2D eigenvalue weighted by atomic mass is 10.0. The van der Waals surface area contributed by atoms with Crippen molar-refractivity contribution in [2.24, 2.45) is 5.92 Å². The molecule has 2 heterocycles. The fourth-order valence-electron chi connectivity index (χ4n) is 2.71. The first kappa shape index (κ1) is 19.7. The fraction of sp³-hybridized carbons (Fsp3) is 0.647. The number of piperidine rings is 1. The number of ether oxygens (including phenoxy) is 1. The molecule has 25 heavy (non-hydrogen) atoms. The summed E-state index contributed by atoms with van der Waals surface area (Å²) in [5.41, 5.74) is -1.37. The van der Waals surface area contributed by atoms with Crippen molar-refractivity contribution in [2.45, 2.75) is 57.6 Å². The van der Waals surface area contributed by atoms with Gasteiger partial charge in [-0.15, -0.1) is 0 Å². The van der Waals surface area contributed by atoms with E-state index in [0.717, 1.165) is 17.4 Å². The molecular weight excluding hydrogens is 344 g/mol. The molecule has 1 aliphatic rings. The van der Waals surface area contributed by atoms with Gasteiger partial charge in [-0.2, -0.15) is 4.31 Å². The highest BCUT2D eigenvalue weighted by Crippen LogP contribution is 2.21. The Labute approximate surface area is 148 Å². The average molecular weight is 370 g/mol. The second-order valence-electron chi connectivity index (χ2n) is 7.48. The van der Waals surface area contributed by atoms with Gasteiger partial charge in [0, 0.05) is 19.3 Å². The predicted octanol–water partition coefficient (Wildman–Crippen LogP) is 1.61. The van der Waals surface area contributed by atoms with Gasteiger partial charge >= 0.3 is 5.97 Å². The molecule has 2 rings (SSSR count). The molecule has 1 fully saturated rings. The van der Waals surface area contributed by atoms with E-state index in [1.807, 2.05) is 0 Å². The summed E-state index contributed by atoms with van der Waals surface area (Å²) in [4.78, 5) is 24.2. The molecule has 0 bridgehead atoms. The van der Waals surface area contributed by atoms with Gasteiger partial charge in [0.05, 0.1) is 0 Å². The van der Waals surface area contributed by atoms with Gasteiger partial charge in [-0.3, -0.25) is 9.59 Å². The Morgan fingerprint density at radius 3 is 2.44 bits per heavy atom. The number of esters is 1. The number of aromatic nitrogens is 1. The Balaban J connectivity index is 2.26. The van der Waals surface area contributed by atoms with Gasteiger partial charge in [-0.25, -0.2) is 8.42 Å². The standard InChI is InChI=1S/C17H26N2O5S/c1-13-7-10-19(11-8-13)25(22,23)14-6-5-9-18(16(14)21)12-15(20)24-17(2,3)4/h5-6,9,13H,7-8,10-12H2,1-4H3. The molecule has 0 aliphatic carbocycles. The van der Waals surface area contributed by atoms with Crippen LogP contribution in [-0.4, -0.2) is 41.9 Å². The number of hydrogen-bond donors (Lipinski definition) is 0. The maximum atomic E-state index is 12.8. The number of carbonyl (C=O) groups is 1. The smallest absolute Gasteiger partial charge is 0.326 e. The van der Waals surface area contributed by atoms with Crippen LogP contribution in [0.1, 0.15) is 40.5 Å². The summed E-state index contributed by atoms with van der Waals surface area (Å²) in [5, 5.41) is 0. The van der Waals surface area contributed by atoms with Crippen LogP contribution in [0.15, 0.2) is 28.0 Å². The minimum atomic E-state index is -3.86. The lowest BCUT2D eigenvalue weighted by molar-refractivity contribution is -0.155. The summed E-state index contributed by atoms with van der Waals surface area (Å²) in [6, 6.07) is 2.76. The Morgan fingerprint density at radius 2 is 1.88 bits per heavy atom. The molecule has 0 radical (unpaired) electrons. The van der Waals surface area contributed by atoms with E-state index in [-0.39, 0.29) is 11.4 Å². The van der Waals surface area contributed by atoms with Crippen LogP contribution in [0, 0.1) is 5.92 Å². The Hall–Kier alpha value is -1.67. The number of rotatable bonds is 4. The first-order chi connectivity index (χ1) is 11.5. The molecule has 1 aliphatic heterocycles. The van der Waals surface area contributed by atoms with E-state index >= 15 is 0 Å². The third-order valence-corrected chi connectivity index (χ3v) is 5.98. The zero-order chi connectivity index (χ0) is 18.8. The summed E-state index contributed by atoms with van der Waals surface area (Å²) in [6.07, 6.45) is 2.94. The first-order valence-electron chi connectivity index (χ1n) is 8.42. The van der Waals surface area contributed by atoms with Gasteiger partial charge in [0.2, 0.25) is 10.0 Å². The highest BCUT2D eigenvalue weighted by atomic mass is 32.2. The summed E-state index contributed by atoms with van der Waals surface area (Å²) < 4.78 is 33.2. The van der Waals surface area contributed by atoms with Crippen molar-refractivity contribution in [3.8, 4) is 0 Å². The second kappa shape index (κ2) is 7.29. The molecule has 8 heteroatoms. The predicted molar refractivity (Wildman–Crippen MR) is 93.7 cm³/mol. The van der Waals surface area contributed by atoms with Crippen molar-refractivity contribution in [1.29, 1.82) is 0 Å². The van der Waals surface area contributed by atoms with Crippen LogP contribution in [-0.2, 0) is 26.1 Å². The molecule has 7 nitrogen and oxygen atoms in total. The van der Waals surface area contributed by atoms with Crippen LogP contribution in [0.4, 0.5) is 0 Å². The largest absolute Gasteiger partial charge is 0.459 e. The summed E-state index contributed by atoms with van der Waals surface area (Å²) in [7, 11) is -3.86. The quantitative estimate of drug-likeness (QED) is 0.752. The van der Waals surface area contributed by atoms with Gasteiger partial charge < -0.3 is 9.30 Å². The third kappa shape index (κ3) is 4.92. The molecule has 1 aromatic rings. The monoisotopic (exact) mass is 370 g/mol. The molecule has 0 aromatic carbocycles. The first-order valence-corrected chi connectivity index (χ1v) is 9.86. The van der Waals surface area contributed by atoms with Crippen molar-refractivity contribution >= 4 is 16.0 Å². The maximum Gasteiger partial charge on any atom is 0.326 e. The number of carbonyl (C=O) groups excluding carboxylic acids is 1. The van der Waals surface area contributed by atoms with Gasteiger partial charge in [0.1, 0.15) is 17.0 Å². The number of nitrogens with zero attached hydrogens (tertiary/aromatic N) is 2. The number of sulfonamides is 1. The van der Waals surface area contributed by atoms with Crippen molar-refractivity contribution < 1.29 is 17.9 Å². The second-order valence-corrected chi connectivity index (χ2v) is 9.38. The van der Waals surface area contributed by atoms with Crippen LogP contribution >= 0.6 is 0 Å². The molecule has 0 saturated carbocycles. The minimum absolute atomic E-state index is 0.298. The van der Waals surface area contributed by atoms with E-state index in [4.69, 9.17) is 4.74 Å². The molecule has 140 valence electrons. The van der Waals surface area contributed by atoms with Crippen molar-refractivity contribution in [1.82, 2.24) is 8.87 Å². The molecule has 0 N–H and O–H groups in total. The fourth-order valence-corrected chi connectivity index (χ4v) is 4.27. The van der Waals surface area contributed by atoms with E-state index in [2.05, 4.69) is 6.92 Å². The molecule has 0 unspecified atom stereocenters. The van der Waals surface area contributed by atoms with Gasteiger partial charge in [-0.1, -0.05) is 6.92 Å². The van der Waals surface area contributed by atoms with Crippen LogP contribution in [0.25, 0.3) is 0 Å². The van der Waals surface area contributed by atoms with Crippen LogP contribution in [0.3, 0.4) is 0 Å². The SMILES string of the molecule is CC1CCN(S(=O)(=O)c2cccn(CC(=O)OC(C)(C)C)c2=O)CC1. The van der Waals surface area contributed by atoms with E-state index in [9.17, 15) is 18.0 Å². The minimum Gasteiger partial charge on any atom is -0.459 e. The zero-order valence-corrected chi connectivity index (χ0v) is 16.0. The lowest BCUT2D eigenvalue weighted by Crippen LogP contribution is -2.41. The van der Waals surface area contributed by atoms with Gasteiger partial charge in [0.25, 0.3) is 5.56 Å². The number of hydrogen-bond acceptors (Lipinski definition) is 5. The highest BCUT2D eigenvalue weighted by molar-refractivity contribution is 7.89. The Kier molecular flexibility index (Phi) is 5.73. The molecule has 0 atom stereocenters. The molecule has 1 aromatic heterocycles. The normalized spacial score (nSPS) is 17.4. The van der Waals surface area contributed by atoms with Gasteiger partial charge in [0.15, 0.2) is 0 Å². The van der Waals surface area contributed by atoms with E-state index in [1.165, 1.54) is 22.6 Å². The third-order valence-electron chi connectivity index (χ3n) is 4.07. The van der Waals surface area contributed by atoms with E-state index < -0.39 is 27.2 Å². The topological polar surface area (TPSA) is 85.7 Å². The summed E-state index contributed by atoms with van der Waals surface area (Å²) in [5.74, 6) is -0.109. The Morgan fingerprint density at radius 1 is 1.28 bits per heavy atom. The van der Waals surface area contributed by atoms with Crippen molar-refractivity contribution in [2.75, 3.05) is 13.1 Å². The van der Waals surface area contributed by atoms with Crippen molar-refractivity contribution in [3.05, 3.63) is 28.7 Å².